The summed E-state index contributed by atoms with van der Waals surface area (Å²) < 4.78 is 4.39. The lowest BCUT2D eigenvalue weighted by Gasteiger charge is -2.14. The normalized spacial score (nSPS) is 13.2. The number of amides is 4. The first-order valence-corrected chi connectivity index (χ1v) is 5.20. The van der Waals surface area contributed by atoms with Gasteiger partial charge in [-0.15, -0.1) is 0 Å². The molecule has 0 radical (unpaired) electrons. The van der Waals surface area contributed by atoms with Gasteiger partial charge in [-0.05, 0) is 12.1 Å². The van der Waals surface area contributed by atoms with Gasteiger partial charge < -0.3 is 10.5 Å². The Bertz CT molecular complexity index is 548. The average molecular weight is 263 g/mol. The van der Waals surface area contributed by atoms with Crippen LogP contribution in [0.5, 0.6) is 0 Å². The molecule has 1 aliphatic heterocycles. The van der Waals surface area contributed by atoms with Gasteiger partial charge in [-0.2, -0.15) is 5.01 Å². The molecule has 19 heavy (non-hydrogen) atoms. The molecule has 0 aliphatic carbocycles. The van der Waals surface area contributed by atoms with Gasteiger partial charge in [-0.1, -0.05) is 12.1 Å². The molecule has 1 aromatic rings. The third-order valence-corrected chi connectivity index (χ3v) is 2.34. The van der Waals surface area contributed by atoms with Crippen LogP contribution in [-0.2, 0) is 9.53 Å². The zero-order chi connectivity index (χ0) is 14.0. The molecule has 0 unspecified atom stereocenters. The van der Waals surface area contributed by atoms with Gasteiger partial charge in [-0.3, -0.25) is 14.4 Å². The van der Waals surface area contributed by atoms with E-state index in [4.69, 9.17) is 5.73 Å². The number of nitrogens with zero attached hydrogens (tertiary/aromatic N) is 1. The molecular formula is C11H9N3O5. The summed E-state index contributed by atoms with van der Waals surface area (Å²) in [6, 6.07) is 6.12. The fraction of sp³-hybridized carbons (Fsp3) is 0.0909. The molecule has 0 fully saturated rings. The Morgan fingerprint density at radius 1 is 1.16 bits per heavy atom. The molecule has 1 aromatic carbocycles. The fourth-order valence-corrected chi connectivity index (χ4v) is 1.55. The van der Waals surface area contributed by atoms with E-state index in [1.54, 1.807) is 12.1 Å². The first-order valence-electron chi connectivity index (χ1n) is 5.20. The van der Waals surface area contributed by atoms with Gasteiger partial charge in [0.05, 0.1) is 11.1 Å². The Balaban J connectivity index is 2.08. The number of ether oxygens (including phenoxy) is 1. The predicted octanol–water partition coefficient (Wildman–Crippen LogP) is -0.591. The van der Waals surface area contributed by atoms with Crippen LogP contribution < -0.4 is 11.2 Å². The highest BCUT2D eigenvalue weighted by atomic mass is 16.6. The van der Waals surface area contributed by atoms with E-state index in [0.29, 0.717) is 5.01 Å². The number of carbonyl (C=O) groups is 4. The highest BCUT2D eigenvalue weighted by Gasteiger charge is 2.36. The summed E-state index contributed by atoms with van der Waals surface area (Å²) in [7, 11) is 0. The van der Waals surface area contributed by atoms with Crippen molar-refractivity contribution in [1.82, 2.24) is 10.4 Å². The smallest absolute Gasteiger partial charge is 0.427 e. The Hall–Kier alpha value is -2.90. The van der Waals surface area contributed by atoms with Crippen LogP contribution in [0, 0.1) is 0 Å². The summed E-state index contributed by atoms with van der Waals surface area (Å²) in [6.45, 7) is -0.644. The minimum Gasteiger partial charge on any atom is -0.438 e. The Labute approximate surface area is 107 Å². The van der Waals surface area contributed by atoms with Crippen molar-refractivity contribution in [3.8, 4) is 0 Å². The maximum atomic E-state index is 11.8. The SMILES string of the molecule is NC(=O)COC(=O)NN1C(=O)c2ccccc2C1=O. The van der Waals surface area contributed by atoms with Gasteiger partial charge in [0.1, 0.15) is 0 Å². The number of rotatable bonds is 3. The molecule has 1 heterocycles. The lowest BCUT2D eigenvalue weighted by Crippen LogP contribution is -2.46. The van der Waals surface area contributed by atoms with E-state index in [1.165, 1.54) is 12.1 Å². The van der Waals surface area contributed by atoms with Crippen molar-refractivity contribution in [2.45, 2.75) is 0 Å². The van der Waals surface area contributed by atoms with E-state index in [-0.39, 0.29) is 11.1 Å². The molecular weight excluding hydrogens is 254 g/mol. The zero-order valence-corrected chi connectivity index (χ0v) is 9.58. The standard InChI is InChI=1S/C11H9N3O5/c12-8(15)5-19-11(18)13-14-9(16)6-3-1-2-4-7(6)10(14)17/h1-4H,5H2,(H2,12,15)(H,13,18). The predicted molar refractivity (Wildman–Crippen MR) is 60.6 cm³/mol. The van der Waals surface area contributed by atoms with Crippen molar-refractivity contribution in [1.29, 1.82) is 0 Å². The molecule has 0 atom stereocenters. The number of primary amides is 1. The first-order chi connectivity index (χ1) is 9.00. The molecule has 8 nitrogen and oxygen atoms in total. The Kier molecular flexibility index (Phi) is 3.15. The number of fused-ring (bicyclic) bond motifs is 1. The molecule has 3 N–H and O–H groups in total. The molecule has 0 bridgehead atoms. The van der Waals surface area contributed by atoms with Crippen LogP contribution >= 0.6 is 0 Å². The van der Waals surface area contributed by atoms with E-state index in [9.17, 15) is 19.2 Å². The number of nitrogens with one attached hydrogen (secondary N) is 1. The van der Waals surface area contributed by atoms with Crippen LogP contribution in [0.25, 0.3) is 0 Å². The summed E-state index contributed by atoms with van der Waals surface area (Å²) in [5.74, 6) is -2.19. The largest absolute Gasteiger partial charge is 0.438 e. The van der Waals surface area contributed by atoms with Crippen LogP contribution in [0.2, 0.25) is 0 Å². The van der Waals surface area contributed by atoms with Gasteiger partial charge >= 0.3 is 6.09 Å². The highest BCUT2D eigenvalue weighted by molar-refractivity contribution is 6.21. The summed E-state index contributed by atoms with van der Waals surface area (Å²) in [6.07, 6.45) is -1.12. The molecule has 98 valence electrons. The second kappa shape index (κ2) is 4.77. The topological polar surface area (TPSA) is 119 Å². The fourth-order valence-electron chi connectivity index (χ4n) is 1.55. The number of nitrogens with two attached hydrogens (primary N) is 1. The zero-order valence-electron chi connectivity index (χ0n) is 9.58. The quantitative estimate of drug-likeness (QED) is 0.706. The number of hydrazine groups is 1. The average Bonchev–Trinajstić information content (AvgIpc) is 2.62. The van der Waals surface area contributed by atoms with Crippen LogP contribution in [0.15, 0.2) is 24.3 Å². The summed E-state index contributed by atoms with van der Waals surface area (Å²) in [5.41, 5.74) is 7.09. The van der Waals surface area contributed by atoms with E-state index in [0.717, 1.165) is 0 Å². The lowest BCUT2D eigenvalue weighted by molar-refractivity contribution is -0.120. The van der Waals surface area contributed by atoms with Crippen molar-refractivity contribution >= 4 is 23.8 Å². The van der Waals surface area contributed by atoms with E-state index in [1.807, 2.05) is 5.43 Å². The van der Waals surface area contributed by atoms with Gasteiger partial charge in [0.15, 0.2) is 6.61 Å². The van der Waals surface area contributed by atoms with Crippen LogP contribution in [0.4, 0.5) is 4.79 Å². The molecule has 0 aromatic heterocycles. The molecule has 0 spiro atoms. The molecule has 4 amide bonds. The van der Waals surface area contributed by atoms with Crippen molar-refractivity contribution in [2.24, 2.45) is 5.73 Å². The minimum atomic E-state index is -1.12. The number of carbonyl (C=O) groups excluding carboxylic acids is 4. The van der Waals surface area contributed by atoms with Crippen LogP contribution in [0.1, 0.15) is 20.7 Å². The van der Waals surface area contributed by atoms with Gasteiger partial charge in [0.25, 0.3) is 17.7 Å². The summed E-state index contributed by atoms with van der Waals surface area (Å²) in [4.78, 5) is 45.3. The van der Waals surface area contributed by atoms with Crippen molar-refractivity contribution in [3.63, 3.8) is 0 Å². The third-order valence-electron chi connectivity index (χ3n) is 2.34. The molecule has 2 rings (SSSR count). The number of hydrogen-bond acceptors (Lipinski definition) is 5. The van der Waals surface area contributed by atoms with Gasteiger partial charge in [0.2, 0.25) is 0 Å². The lowest BCUT2D eigenvalue weighted by atomic mass is 10.1. The highest BCUT2D eigenvalue weighted by Crippen LogP contribution is 2.20. The second-order valence-corrected chi connectivity index (χ2v) is 3.65. The number of hydrogen-bond donors (Lipinski definition) is 2. The number of benzene rings is 1. The maximum absolute atomic E-state index is 11.8. The molecule has 0 saturated heterocycles. The maximum Gasteiger partial charge on any atom is 0.427 e. The van der Waals surface area contributed by atoms with E-state index < -0.39 is 30.4 Å². The molecule has 8 heteroatoms. The summed E-state index contributed by atoms with van der Waals surface area (Å²) >= 11 is 0. The van der Waals surface area contributed by atoms with Gasteiger partial charge in [-0.25, -0.2) is 10.2 Å². The molecule has 0 saturated carbocycles. The van der Waals surface area contributed by atoms with E-state index >= 15 is 0 Å². The van der Waals surface area contributed by atoms with Crippen LogP contribution in [-0.4, -0.2) is 35.4 Å². The summed E-state index contributed by atoms with van der Waals surface area (Å²) in [5, 5.41) is 0.522. The first kappa shape index (κ1) is 12.6. The molecule has 1 aliphatic rings. The van der Waals surface area contributed by atoms with E-state index in [2.05, 4.69) is 4.74 Å². The second-order valence-electron chi connectivity index (χ2n) is 3.65. The van der Waals surface area contributed by atoms with Crippen molar-refractivity contribution in [2.75, 3.05) is 6.61 Å². The Morgan fingerprint density at radius 3 is 2.16 bits per heavy atom. The number of imide groups is 1. The Morgan fingerprint density at radius 2 is 1.68 bits per heavy atom. The van der Waals surface area contributed by atoms with Gasteiger partial charge in [0, 0.05) is 0 Å². The van der Waals surface area contributed by atoms with Crippen molar-refractivity contribution < 1.29 is 23.9 Å². The third kappa shape index (κ3) is 2.37. The monoisotopic (exact) mass is 263 g/mol. The minimum absolute atomic E-state index is 0.183. The van der Waals surface area contributed by atoms with Crippen LogP contribution in [0.3, 0.4) is 0 Å². The van der Waals surface area contributed by atoms with Crippen molar-refractivity contribution in [3.05, 3.63) is 35.4 Å².